The summed E-state index contributed by atoms with van der Waals surface area (Å²) in [6, 6.07) is 19.2. The first kappa shape index (κ1) is 21.1. The molecule has 1 amide bonds. The van der Waals surface area contributed by atoms with Gasteiger partial charge >= 0.3 is 5.97 Å². The number of nitrogens with zero attached hydrogens (tertiary/aromatic N) is 1. The first-order chi connectivity index (χ1) is 14.5. The van der Waals surface area contributed by atoms with Gasteiger partial charge in [-0.05, 0) is 45.0 Å². The van der Waals surface area contributed by atoms with Gasteiger partial charge in [-0.3, -0.25) is 14.8 Å². The molecule has 1 fully saturated rings. The van der Waals surface area contributed by atoms with Gasteiger partial charge in [0.2, 0.25) is 5.91 Å². The lowest BCUT2D eigenvalue weighted by atomic mass is 10.0. The van der Waals surface area contributed by atoms with Gasteiger partial charge in [0.05, 0.1) is 0 Å². The molecular formula is C23H25N2O3PS. The fourth-order valence-electron chi connectivity index (χ4n) is 3.77. The van der Waals surface area contributed by atoms with Gasteiger partial charge in [-0.1, -0.05) is 60.7 Å². The summed E-state index contributed by atoms with van der Waals surface area (Å²) in [4.78, 5) is 27.8. The molecule has 0 bridgehead atoms. The summed E-state index contributed by atoms with van der Waals surface area (Å²) in [6.07, 6.45) is -0.530. The summed E-state index contributed by atoms with van der Waals surface area (Å²) in [7, 11) is -0.412. The number of hydrogen-bond donors (Lipinski definition) is 1. The van der Waals surface area contributed by atoms with Crippen LogP contribution in [0.2, 0.25) is 0 Å². The fourth-order valence-corrected chi connectivity index (χ4v) is 5.98. The van der Waals surface area contributed by atoms with Crippen LogP contribution < -0.4 is 5.09 Å². The Balaban J connectivity index is 1.60. The summed E-state index contributed by atoms with van der Waals surface area (Å²) in [6.45, 7) is 6.07. The van der Waals surface area contributed by atoms with E-state index >= 15 is 0 Å². The number of rotatable bonds is 6. The van der Waals surface area contributed by atoms with E-state index in [1.165, 1.54) is 0 Å². The minimum atomic E-state index is -0.530. The number of thioether (sulfide) groups is 1. The lowest BCUT2D eigenvalue weighted by Gasteiger charge is -2.50. The number of ether oxygens (including phenoxy) is 1. The van der Waals surface area contributed by atoms with Crippen LogP contribution in [-0.4, -0.2) is 47.3 Å². The first-order valence-corrected chi connectivity index (χ1v) is 13.1. The van der Waals surface area contributed by atoms with Crippen LogP contribution in [0.25, 0.3) is 0 Å². The molecule has 0 aromatic heterocycles. The third-order valence-electron chi connectivity index (χ3n) is 5.18. The minimum absolute atomic E-state index is 0.0503. The van der Waals surface area contributed by atoms with Gasteiger partial charge in [0.25, 0.3) is 0 Å². The van der Waals surface area contributed by atoms with Gasteiger partial charge < -0.3 is 4.74 Å². The van der Waals surface area contributed by atoms with Gasteiger partial charge in [0.1, 0.15) is 17.1 Å². The zero-order valence-electron chi connectivity index (χ0n) is 17.2. The van der Waals surface area contributed by atoms with E-state index < -0.39 is 20.1 Å². The number of fused-ring (bicyclic) bond motifs is 1. The topological polar surface area (TPSA) is 58.6 Å². The monoisotopic (exact) mass is 440 g/mol. The van der Waals surface area contributed by atoms with E-state index in [4.69, 9.17) is 4.74 Å². The number of carbonyl (C=O) groups excluding carboxylic acids is 2. The number of β-lactam (4-membered cyclic amide) rings is 1. The Morgan fingerprint density at radius 1 is 1.10 bits per heavy atom. The molecule has 2 aliphatic rings. The molecule has 7 heteroatoms. The highest BCUT2D eigenvalue weighted by molar-refractivity contribution is 8.00. The molecule has 2 aromatic carbocycles. The van der Waals surface area contributed by atoms with Crippen molar-refractivity contribution in [2.45, 2.75) is 24.4 Å². The summed E-state index contributed by atoms with van der Waals surface area (Å²) in [5.74, 6) is 0.215. The van der Waals surface area contributed by atoms with Crippen molar-refractivity contribution >= 4 is 31.7 Å². The predicted molar refractivity (Wildman–Crippen MR) is 122 cm³/mol. The Morgan fingerprint density at radius 3 is 2.20 bits per heavy atom. The zero-order chi connectivity index (χ0) is 21.3. The Morgan fingerprint density at radius 2 is 1.67 bits per heavy atom. The molecule has 30 heavy (non-hydrogen) atoms. The quantitative estimate of drug-likeness (QED) is 0.416. The zero-order valence-corrected chi connectivity index (χ0v) is 19.0. The van der Waals surface area contributed by atoms with Crippen LogP contribution in [0.5, 0.6) is 0 Å². The van der Waals surface area contributed by atoms with Crippen LogP contribution in [0.3, 0.4) is 0 Å². The Bertz CT molecular complexity index is 925. The number of carbonyl (C=O) groups is 2. The van der Waals surface area contributed by atoms with E-state index in [-0.39, 0.29) is 17.3 Å². The highest BCUT2D eigenvalue weighted by atomic mass is 32.2. The van der Waals surface area contributed by atoms with E-state index in [0.717, 1.165) is 16.7 Å². The average molecular weight is 441 g/mol. The van der Waals surface area contributed by atoms with Crippen molar-refractivity contribution < 1.29 is 14.3 Å². The second kappa shape index (κ2) is 8.93. The first-order valence-electron chi connectivity index (χ1n) is 9.86. The van der Waals surface area contributed by atoms with E-state index in [2.05, 4.69) is 18.4 Å². The number of benzene rings is 2. The van der Waals surface area contributed by atoms with Gasteiger partial charge in [0, 0.05) is 5.75 Å². The summed E-state index contributed by atoms with van der Waals surface area (Å²) >= 11 is 1.70. The van der Waals surface area contributed by atoms with Crippen LogP contribution in [0.1, 0.15) is 24.2 Å². The van der Waals surface area contributed by atoms with Crippen molar-refractivity contribution in [2.24, 2.45) is 0 Å². The highest BCUT2D eigenvalue weighted by Gasteiger charge is 2.53. The maximum Gasteiger partial charge on any atom is 0.356 e. The SMILES string of the molecule is CC1=C(C(=O)OC(c2ccccc2)c2ccccc2)N2C(=O)[C@@H](NP(C)C)[C@@H]2SC1. The molecule has 2 atom stereocenters. The molecule has 0 saturated carbocycles. The molecule has 5 nitrogen and oxygen atoms in total. The Kier molecular flexibility index (Phi) is 6.28. The summed E-state index contributed by atoms with van der Waals surface area (Å²) in [5, 5.41) is 3.32. The lowest BCUT2D eigenvalue weighted by molar-refractivity contribution is -0.153. The standard InChI is InChI=1S/C23H25N2O3PS/c1-15-14-30-22-18(24-29(2)3)21(26)25(22)19(15)23(27)28-20(16-10-6-4-7-11-16)17-12-8-5-9-13-17/h4-13,18,20,22,24H,14H2,1-3H3/t18-,22+/m1/s1. The number of nitrogens with one attached hydrogen (secondary N) is 1. The predicted octanol–water partition coefficient (Wildman–Crippen LogP) is 4.12. The molecule has 2 aliphatic heterocycles. The molecule has 2 heterocycles. The summed E-state index contributed by atoms with van der Waals surface area (Å²) < 4.78 is 6.03. The molecule has 4 rings (SSSR count). The smallest absolute Gasteiger partial charge is 0.356 e. The largest absolute Gasteiger partial charge is 0.448 e. The minimum Gasteiger partial charge on any atom is -0.448 e. The summed E-state index contributed by atoms with van der Waals surface area (Å²) in [5.41, 5.74) is 3.07. The van der Waals surface area contributed by atoms with Gasteiger partial charge in [0.15, 0.2) is 6.10 Å². The van der Waals surface area contributed by atoms with E-state index in [1.54, 1.807) is 16.7 Å². The third-order valence-corrected chi connectivity index (χ3v) is 7.40. The molecule has 0 unspecified atom stereocenters. The maximum atomic E-state index is 13.3. The third kappa shape index (κ3) is 4.04. The van der Waals surface area contributed by atoms with Crippen molar-refractivity contribution in [3.8, 4) is 0 Å². The van der Waals surface area contributed by atoms with Crippen LogP contribution in [-0.2, 0) is 14.3 Å². The highest BCUT2D eigenvalue weighted by Crippen LogP contribution is 2.43. The van der Waals surface area contributed by atoms with E-state index in [9.17, 15) is 9.59 Å². The number of esters is 1. The molecule has 156 valence electrons. The normalized spacial score (nSPS) is 21.0. The van der Waals surface area contributed by atoms with Gasteiger partial charge in [-0.2, -0.15) is 0 Å². The van der Waals surface area contributed by atoms with E-state index in [1.807, 2.05) is 67.6 Å². The molecule has 1 N–H and O–H groups in total. The van der Waals surface area contributed by atoms with Crippen molar-refractivity contribution in [2.75, 3.05) is 19.1 Å². The molecule has 0 radical (unpaired) electrons. The second-order valence-electron chi connectivity index (χ2n) is 7.65. The van der Waals surface area contributed by atoms with Crippen LogP contribution in [0, 0.1) is 0 Å². The molecule has 0 aliphatic carbocycles. The Hall–Kier alpha value is -2.14. The van der Waals surface area contributed by atoms with Crippen LogP contribution in [0.4, 0.5) is 0 Å². The number of hydrogen-bond acceptors (Lipinski definition) is 5. The average Bonchev–Trinajstić information content (AvgIpc) is 2.76. The fraction of sp³-hybridized carbons (Fsp3) is 0.304. The van der Waals surface area contributed by atoms with Crippen LogP contribution in [0.15, 0.2) is 71.9 Å². The van der Waals surface area contributed by atoms with Crippen molar-refractivity contribution in [3.05, 3.63) is 83.1 Å². The van der Waals surface area contributed by atoms with Gasteiger partial charge in [-0.15, -0.1) is 11.8 Å². The van der Waals surface area contributed by atoms with E-state index in [0.29, 0.717) is 11.4 Å². The van der Waals surface area contributed by atoms with Crippen LogP contribution >= 0.6 is 19.8 Å². The maximum absolute atomic E-state index is 13.3. The van der Waals surface area contributed by atoms with Gasteiger partial charge in [-0.25, -0.2) is 4.79 Å². The molecule has 0 spiro atoms. The van der Waals surface area contributed by atoms with Crippen molar-refractivity contribution in [1.29, 1.82) is 0 Å². The second-order valence-corrected chi connectivity index (χ2v) is 10.8. The molecule has 2 aromatic rings. The van der Waals surface area contributed by atoms with Crippen molar-refractivity contribution in [3.63, 3.8) is 0 Å². The molecule has 1 saturated heterocycles. The number of amides is 1. The lowest BCUT2D eigenvalue weighted by Crippen LogP contribution is -2.68. The Labute approximate surface area is 182 Å². The molecular weight excluding hydrogens is 415 g/mol. The van der Waals surface area contributed by atoms with Crippen molar-refractivity contribution in [1.82, 2.24) is 9.99 Å².